The lowest BCUT2D eigenvalue weighted by atomic mass is 9.89. The first-order valence-electron chi connectivity index (χ1n) is 5.08. The van der Waals surface area contributed by atoms with Crippen LogP contribution >= 0.6 is 0 Å². The summed E-state index contributed by atoms with van der Waals surface area (Å²) < 4.78 is 0. The molecule has 1 rings (SSSR count). The molecule has 1 aliphatic heterocycles. The minimum absolute atomic E-state index is 0.648. The number of hydrogen-bond donors (Lipinski definition) is 1. The lowest BCUT2D eigenvalue weighted by Crippen LogP contribution is -2.51. The molecule has 0 aromatic carbocycles. The Kier molecular flexibility index (Phi) is 3.50. The molecule has 14 heavy (non-hydrogen) atoms. The molecule has 1 heterocycles. The second-order valence-electron chi connectivity index (χ2n) is 4.39. The van der Waals surface area contributed by atoms with Crippen molar-refractivity contribution in [2.24, 2.45) is 0 Å². The third-order valence-electron chi connectivity index (χ3n) is 3.29. The molecule has 0 aromatic heterocycles. The molecule has 82 valence electrons. The maximum Gasteiger partial charge on any atom is 0.324 e. The van der Waals surface area contributed by atoms with Gasteiger partial charge >= 0.3 is 5.97 Å². The van der Waals surface area contributed by atoms with E-state index in [-0.39, 0.29) is 0 Å². The Morgan fingerprint density at radius 2 is 2.00 bits per heavy atom. The van der Waals surface area contributed by atoms with Gasteiger partial charge < -0.3 is 10.0 Å². The largest absolute Gasteiger partial charge is 0.480 e. The van der Waals surface area contributed by atoms with Crippen molar-refractivity contribution >= 4 is 5.97 Å². The molecule has 1 unspecified atom stereocenters. The average Bonchev–Trinajstić information content (AvgIpc) is 2.27. The number of carboxylic acid groups (broad SMARTS) is 1. The second-order valence-corrected chi connectivity index (χ2v) is 4.39. The van der Waals surface area contributed by atoms with Crippen molar-refractivity contribution in [3.63, 3.8) is 0 Å². The van der Waals surface area contributed by atoms with Gasteiger partial charge in [0.05, 0.1) is 0 Å². The van der Waals surface area contributed by atoms with Crippen LogP contribution in [0.2, 0.25) is 0 Å². The molecule has 0 spiro atoms. The quantitative estimate of drug-likeness (QED) is 0.704. The summed E-state index contributed by atoms with van der Waals surface area (Å²) >= 11 is 0. The van der Waals surface area contributed by atoms with Crippen LogP contribution < -0.4 is 0 Å². The van der Waals surface area contributed by atoms with E-state index in [0.29, 0.717) is 6.42 Å². The van der Waals surface area contributed by atoms with E-state index in [0.717, 1.165) is 25.9 Å². The van der Waals surface area contributed by atoms with E-state index in [2.05, 4.69) is 4.90 Å². The van der Waals surface area contributed by atoms with Gasteiger partial charge in [-0.05, 0) is 47.0 Å². The summed E-state index contributed by atoms with van der Waals surface area (Å²) in [4.78, 5) is 15.4. The molecule has 0 aromatic rings. The van der Waals surface area contributed by atoms with Crippen molar-refractivity contribution < 1.29 is 9.90 Å². The predicted octanol–water partition coefficient (Wildman–Crippen LogP) is 0.487. The van der Waals surface area contributed by atoms with Gasteiger partial charge in [0.15, 0.2) is 0 Å². The lowest BCUT2D eigenvalue weighted by molar-refractivity contribution is -0.150. The SMILES string of the molecule is CN1CCCC(C(=O)O)(N(C)C)CC1. The minimum Gasteiger partial charge on any atom is -0.480 e. The first kappa shape index (κ1) is 11.5. The zero-order valence-electron chi connectivity index (χ0n) is 9.29. The molecule has 1 atom stereocenters. The fourth-order valence-corrected chi connectivity index (χ4v) is 2.11. The number of hydrogen-bond acceptors (Lipinski definition) is 3. The summed E-state index contributed by atoms with van der Waals surface area (Å²) in [6.07, 6.45) is 2.42. The van der Waals surface area contributed by atoms with Crippen LogP contribution in [0.5, 0.6) is 0 Å². The third-order valence-corrected chi connectivity index (χ3v) is 3.29. The van der Waals surface area contributed by atoms with Crippen molar-refractivity contribution in [3.8, 4) is 0 Å². The zero-order valence-corrected chi connectivity index (χ0v) is 9.29. The van der Waals surface area contributed by atoms with Gasteiger partial charge in [-0.2, -0.15) is 0 Å². The molecule has 1 aliphatic rings. The summed E-state index contributed by atoms with van der Waals surface area (Å²) in [7, 11) is 5.77. The average molecular weight is 200 g/mol. The molecule has 1 saturated heterocycles. The van der Waals surface area contributed by atoms with E-state index in [4.69, 9.17) is 0 Å². The van der Waals surface area contributed by atoms with Crippen LogP contribution in [0.4, 0.5) is 0 Å². The van der Waals surface area contributed by atoms with E-state index in [1.54, 1.807) is 0 Å². The fraction of sp³-hybridized carbons (Fsp3) is 0.900. The molecule has 0 amide bonds. The van der Waals surface area contributed by atoms with Crippen LogP contribution in [0.15, 0.2) is 0 Å². The van der Waals surface area contributed by atoms with Crippen LogP contribution in [0.1, 0.15) is 19.3 Å². The fourth-order valence-electron chi connectivity index (χ4n) is 2.11. The lowest BCUT2D eigenvalue weighted by Gasteiger charge is -2.34. The van der Waals surface area contributed by atoms with Crippen LogP contribution in [0.3, 0.4) is 0 Å². The van der Waals surface area contributed by atoms with Crippen LogP contribution in [-0.4, -0.2) is 60.6 Å². The van der Waals surface area contributed by atoms with Crippen molar-refractivity contribution in [1.29, 1.82) is 0 Å². The Morgan fingerprint density at radius 1 is 1.36 bits per heavy atom. The van der Waals surface area contributed by atoms with Gasteiger partial charge in [0.1, 0.15) is 5.54 Å². The number of likely N-dealkylation sites (N-methyl/N-ethyl adjacent to an activating group) is 1. The number of carbonyl (C=O) groups is 1. The van der Waals surface area contributed by atoms with Gasteiger partial charge in [0.2, 0.25) is 0 Å². The summed E-state index contributed by atoms with van der Waals surface area (Å²) in [5.41, 5.74) is -0.648. The first-order valence-corrected chi connectivity index (χ1v) is 5.08. The Labute approximate surface area is 85.5 Å². The minimum atomic E-state index is -0.683. The molecular formula is C10H20N2O2. The smallest absolute Gasteiger partial charge is 0.324 e. The van der Waals surface area contributed by atoms with Gasteiger partial charge in [-0.3, -0.25) is 9.69 Å². The highest BCUT2D eigenvalue weighted by molar-refractivity contribution is 5.78. The van der Waals surface area contributed by atoms with Crippen molar-refractivity contribution in [3.05, 3.63) is 0 Å². The third kappa shape index (κ3) is 2.07. The van der Waals surface area contributed by atoms with Gasteiger partial charge in [0, 0.05) is 6.54 Å². The number of carboxylic acids is 1. The Hall–Kier alpha value is -0.610. The van der Waals surface area contributed by atoms with Crippen molar-refractivity contribution in [2.75, 3.05) is 34.2 Å². The van der Waals surface area contributed by atoms with E-state index < -0.39 is 11.5 Å². The predicted molar refractivity (Wildman–Crippen MR) is 55.4 cm³/mol. The molecule has 4 heteroatoms. The van der Waals surface area contributed by atoms with E-state index in [9.17, 15) is 9.90 Å². The van der Waals surface area contributed by atoms with Crippen LogP contribution in [0, 0.1) is 0 Å². The molecule has 0 radical (unpaired) electrons. The van der Waals surface area contributed by atoms with E-state index >= 15 is 0 Å². The highest BCUT2D eigenvalue weighted by Crippen LogP contribution is 2.26. The highest BCUT2D eigenvalue weighted by Gasteiger charge is 2.41. The van der Waals surface area contributed by atoms with Gasteiger partial charge in [-0.1, -0.05) is 0 Å². The molecule has 0 aliphatic carbocycles. The van der Waals surface area contributed by atoms with E-state index in [1.807, 2.05) is 26.0 Å². The number of aliphatic carboxylic acids is 1. The topological polar surface area (TPSA) is 43.8 Å². The van der Waals surface area contributed by atoms with E-state index in [1.165, 1.54) is 0 Å². The molecular weight excluding hydrogens is 180 g/mol. The molecule has 1 N–H and O–H groups in total. The number of nitrogens with zero attached hydrogens (tertiary/aromatic N) is 2. The van der Waals surface area contributed by atoms with Gasteiger partial charge in [0.25, 0.3) is 0 Å². The maximum absolute atomic E-state index is 11.3. The number of likely N-dealkylation sites (tertiary alicyclic amines) is 1. The first-order chi connectivity index (χ1) is 6.49. The molecule has 1 fully saturated rings. The maximum atomic E-state index is 11.3. The van der Waals surface area contributed by atoms with Crippen molar-refractivity contribution in [2.45, 2.75) is 24.8 Å². The Morgan fingerprint density at radius 3 is 2.50 bits per heavy atom. The molecule has 0 saturated carbocycles. The zero-order chi connectivity index (χ0) is 10.8. The van der Waals surface area contributed by atoms with Gasteiger partial charge in [-0.25, -0.2) is 0 Å². The summed E-state index contributed by atoms with van der Waals surface area (Å²) in [5, 5.41) is 9.31. The monoisotopic (exact) mass is 200 g/mol. The summed E-state index contributed by atoms with van der Waals surface area (Å²) in [6.45, 7) is 1.87. The normalized spacial score (nSPS) is 30.3. The Bertz CT molecular complexity index is 218. The Balaban J connectivity index is 2.81. The standard InChI is InChI=1S/C10H20N2O2/c1-11(2)10(9(13)14)5-4-7-12(3)8-6-10/h4-8H2,1-3H3,(H,13,14). The molecule has 0 bridgehead atoms. The van der Waals surface area contributed by atoms with Crippen LogP contribution in [0.25, 0.3) is 0 Å². The van der Waals surface area contributed by atoms with Crippen molar-refractivity contribution in [1.82, 2.24) is 9.80 Å². The summed E-state index contributed by atoms with van der Waals surface area (Å²) in [6, 6.07) is 0. The van der Waals surface area contributed by atoms with Gasteiger partial charge in [-0.15, -0.1) is 0 Å². The second kappa shape index (κ2) is 4.28. The highest BCUT2D eigenvalue weighted by atomic mass is 16.4. The van der Waals surface area contributed by atoms with Crippen LogP contribution in [-0.2, 0) is 4.79 Å². The molecule has 4 nitrogen and oxygen atoms in total. The number of rotatable bonds is 2. The summed E-state index contributed by atoms with van der Waals surface area (Å²) in [5.74, 6) is -0.683.